The maximum Gasteiger partial charge on any atom is 0.416 e. The van der Waals surface area contributed by atoms with Gasteiger partial charge in [0.2, 0.25) is 4.80 Å². The predicted octanol–water partition coefficient (Wildman–Crippen LogP) is 5.81. The van der Waals surface area contributed by atoms with Gasteiger partial charge in [0.25, 0.3) is 0 Å². The summed E-state index contributed by atoms with van der Waals surface area (Å²) >= 11 is 1.30. The van der Waals surface area contributed by atoms with Crippen molar-refractivity contribution in [1.82, 2.24) is 4.68 Å². The minimum atomic E-state index is -4.41. The largest absolute Gasteiger partial charge is 0.435 e. The molecule has 10 heteroatoms. The van der Waals surface area contributed by atoms with Gasteiger partial charge in [0.1, 0.15) is 5.75 Å². The van der Waals surface area contributed by atoms with Gasteiger partial charge < -0.3 is 4.74 Å². The van der Waals surface area contributed by atoms with Gasteiger partial charge in [-0.05, 0) is 42.0 Å². The van der Waals surface area contributed by atoms with Crippen molar-refractivity contribution in [1.29, 1.82) is 0 Å². The molecular formula is C21H16F5N3OS. The molecule has 0 spiro atoms. The Morgan fingerprint density at radius 1 is 1.06 bits per heavy atom. The molecule has 3 aromatic rings. The van der Waals surface area contributed by atoms with Crippen LogP contribution >= 0.6 is 11.3 Å². The van der Waals surface area contributed by atoms with Crippen molar-refractivity contribution in [2.45, 2.75) is 12.8 Å². The van der Waals surface area contributed by atoms with E-state index in [-0.39, 0.29) is 5.75 Å². The summed E-state index contributed by atoms with van der Waals surface area (Å²) in [5.74, 6) is 0.0188. The van der Waals surface area contributed by atoms with Crippen LogP contribution in [0.3, 0.4) is 0 Å². The fourth-order valence-electron chi connectivity index (χ4n) is 2.55. The second kappa shape index (κ2) is 9.69. The zero-order valence-corrected chi connectivity index (χ0v) is 16.7. The molecule has 31 heavy (non-hydrogen) atoms. The number of benzene rings is 2. The maximum absolute atomic E-state index is 12.7. The molecule has 0 saturated carbocycles. The Hall–Kier alpha value is -3.27. The molecule has 4 nitrogen and oxygen atoms in total. The molecular weight excluding hydrogens is 437 g/mol. The van der Waals surface area contributed by atoms with Crippen LogP contribution < -0.4 is 9.54 Å². The third-order valence-corrected chi connectivity index (χ3v) is 4.83. The third kappa shape index (κ3) is 5.88. The summed E-state index contributed by atoms with van der Waals surface area (Å²) < 4.78 is 68.8. The number of rotatable bonds is 7. The third-order valence-electron chi connectivity index (χ3n) is 3.98. The molecule has 3 rings (SSSR count). The summed E-state index contributed by atoms with van der Waals surface area (Å²) in [5, 5.41) is 6.16. The monoisotopic (exact) mass is 453 g/mol. The number of thiazole rings is 1. The molecule has 0 bridgehead atoms. The molecule has 0 unspecified atom stereocenters. The van der Waals surface area contributed by atoms with E-state index in [1.54, 1.807) is 23.6 Å². The number of hydrogen-bond acceptors (Lipinski definition) is 4. The molecule has 0 atom stereocenters. The molecule has 0 N–H and O–H groups in total. The van der Waals surface area contributed by atoms with E-state index in [0.29, 0.717) is 28.2 Å². The van der Waals surface area contributed by atoms with Crippen LogP contribution in [0.15, 0.2) is 76.7 Å². The van der Waals surface area contributed by atoms with Gasteiger partial charge in [-0.2, -0.15) is 27.1 Å². The lowest BCUT2D eigenvalue weighted by atomic mass is 10.1. The summed E-state index contributed by atoms with van der Waals surface area (Å²) in [6.07, 6.45) is -1.39. The van der Waals surface area contributed by atoms with Crippen LogP contribution in [0.4, 0.5) is 22.0 Å². The van der Waals surface area contributed by atoms with Gasteiger partial charge in [-0.3, -0.25) is 4.99 Å². The van der Waals surface area contributed by atoms with E-state index in [2.05, 4.69) is 21.4 Å². The molecule has 0 aliphatic carbocycles. The first kappa shape index (κ1) is 22.4. The summed E-state index contributed by atoms with van der Waals surface area (Å²) in [4.78, 5) is 4.90. The van der Waals surface area contributed by atoms with Crippen molar-refractivity contribution in [3.05, 3.63) is 82.5 Å². The van der Waals surface area contributed by atoms with E-state index in [9.17, 15) is 22.0 Å². The summed E-state index contributed by atoms with van der Waals surface area (Å²) in [6.45, 7) is 1.04. The molecule has 0 amide bonds. The molecule has 0 saturated heterocycles. The van der Waals surface area contributed by atoms with Crippen LogP contribution in [0.5, 0.6) is 5.75 Å². The van der Waals surface area contributed by atoms with Crippen molar-refractivity contribution < 1.29 is 26.7 Å². The second-order valence-electron chi connectivity index (χ2n) is 6.11. The van der Waals surface area contributed by atoms with Crippen LogP contribution in [-0.4, -0.2) is 24.0 Å². The van der Waals surface area contributed by atoms with Crippen LogP contribution in [-0.2, 0) is 6.18 Å². The first-order valence-electron chi connectivity index (χ1n) is 8.86. The van der Waals surface area contributed by atoms with Crippen molar-refractivity contribution in [3.8, 4) is 17.0 Å². The van der Waals surface area contributed by atoms with Gasteiger partial charge in [0.15, 0.2) is 0 Å². The Labute approximate surface area is 178 Å². The van der Waals surface area contributed by atoms with Gasteiger partial charge in [-0.1, -0.05) is 18.2 Å². The molecule has 0 fully saturated rings. The predicted molar refractivity (Wildman–Crippen MR) is 109 cm³/mol. The van der Waals surface area contributed by atoms with E-state index in [4.69, 9.17) is 0 Å². The Bertz CT molecular complexity index is 1110. The fraction of sp³-hybridized carbons (Fsp3) is 0.143. The van der Waals surface area contributed by atoms with Gasteiger partial charge in [0, 0.05) is 10.9 Å². The van der Waals surface area contributed by atoms with Crippen molar-refractivity contribution in [3.63, 3.8) is 0 Å². The lowest BCUT2D eigenvalue weighted by molar-refractivity contribution is -0.137. The summed E-state index contributed by atoms with van der Waals surface area (Å²) in [5.41, 5.74) is 1.01. The highest BCUT2D eigenvalue weighted by Crippen LogP contribution is 2.29. The normalized spacial score (nSPS) is 12.6. The van der Waals surface area contributed by atoms with E-state index in [0.717, 1.165) is 12.1 Å². The van der Waals surface area contributed by atoms with Crippen molar-refractivity contribution in [2.75, 3.05) is 6.54 Å². The number of aromatic nitrogens is 1. The lowest BCUT2D eigenvalue weighted by Gasteiger charge is -2.07. The van der Waals surface area contributed by atoms with Crippen LogP contribution in [0.25, 0.3) is 11.3 Å². The first-order chi connectivity index (χ1) is 14.8. The topological polar surface area (TPSA) is 38.9 Å². The van der Waals surface area contributed by atoms with Crippen LogP contribution in [0.1, 0.15) is 11.1 Å². The number of nitrogens with zero attached hydrogens (tertiary/aromatic N) is 3. The standard InChI is InChI=1S/C21H16F5N3OS/c1-2-11-27-20-29(28-12-14-3-7-16(8-4-14)21(24,25)26)18(13-31-20)15-5-9-17(10-6-15)30-19(22)23/h2-10,12-13,19H,1,11H2/b27-20?,28-12-. The van der Waals surface area contributed by atoms with Crippen molar-refractivity contribution >= 4 is 17.6 Å². The number of hydrogen-bond donors (Lipinski definition) is 0. The Balaban J connectivity index is 1.95. The van der Waals surface area contributed by atoms with Gasteiger partial charge in [-0.25, -0.2) is 4.68 Å². The first-order valence-corrected chi connectivity index (χ1v) is 9.74. The molecule has 162 valence electrons. The van der Waals surface area contributed by atoms with Gasteiger partial charge in [0.05, 0.1) is 24.0 Å². The average molecular weight is 453 g/mol. The fourth-order valence-corrected chi connectivity index (χ4v) is 3.40. The smallest absolute Gasteiger partial charge is 0.416 e. The van der Waals surface area contributed by atoms with Gasteiger partial charge >= 0.3 is 12.8 Å². The number of halogens is 5. The highest BCUT2D eigenvalue weighted by molar-refractivity contribution is 7.07. The van der Waals surface area contributed by atoms with E-state index in [1.165, 1.54) is 46.5 Å². The van der Waals surface area contributed by atoms with Crippen LogP contribution in [0.2, 0.25) is 0 Å². The second-order valence-corrected chi connectivity index (χ2v) is 6.95. The quantitative estimate of drug-likeness (QED) is 0.253. The molecule has 1 aromatic heterocycles. The van der Waals surface area contributed by atoms with Gasteiger partial charge in [-0.15, -0.1) is 17.9 Å². The van der Waals surface area contributed by atoms with Crippen LogP contribution in [0, 0.1) is 0 Å². The highest BCUT2D eigenvalue weighted by atomic mass is 32.1. The minimum absolute atomic E-state index is 0.0188. The summed E-state index contributed by atoms with van der Waals surface area (Å²) in [6, 6.07) is 10.6. The SMILES string of the molecule is C=CCN=c1scc(-c2ccc(OC(F)F)cc2)n1/N=C\c1ccc(C(F)(F)F)cc1. The maximum atomic E-state index is 12.7. The number of ether oxygens (including phenoxy) is 1. The lowest BCUT2D eigenvalue weighted by Crippen LogP contribution is -2.12. The van der Waals surface area contributed by atoms with Crippen molar-refractivity contribution in [2.24, 2.45) is 10.1 Å². The average Bonchev–Trinajstić information content (AvgIpc) is 3.13. The van der Waals surface area contributed by atoms with E-state index >= 15 is 0 Å². The molecule has 1 heterocycles. The molecule has 2 aromatic carbocycles. The molecule has 0 radical (unpaired) electrons. The zero-order valence-electron chi connectivity index (χ0n) is 15.9. The Morgan fingerprint density at radius 2 is 1.74 bits per heavy atom. The molecule has 0 aliphatic rings. The Kier molecular flexibility index (Phi) is 7.01. The van der Waals surface area contributed by atoms with E-state index in [1.807, 2.05) is 0 Å². The zero-order chi connectivity index (χ0) is 22.4. The van der Waals surface area contributed by atoms with E-state index < -0.39 is 18.4 Å². The number of alkyl halides is 5. The minimum Gasteiger partial charge on any atom is -0.435 e. The molecule has 0 aliphatic heterocycles. The Morgan fingerprint density at radius 3 is 2.32 bits per heavy atom. The highest BCUT2D eigenvalue weighted by Gasteiger charge is 2.29. The summed E-state index contributed by atoms with van der Waals surface area (Å²) in [7, 11) is 0.